The molecule has 1 saturated heterocycles. The van der Waals surface area contributed by atoms with Crippen molar-refractivity contribution in [2.24, 2.45) is 5.92 Å². The SMILES string of the molecule is C=C(C)COc1ccc2c(C)c(CC(=O)N3CCC(CC(=O)OC)CC3)c(=O)oc2c1. The molecular weight excluding hydrogens is 398 g/mol. The Labute approximate surface area is 181 Å². The van der Waals surface area contributed by atoms with Crippen LogP contribution in [-0.4, -0.2) is 43.6 Å². The number of benzene rings is 1. The molecule has 1 aliphatic rings. The van der Waals surface area contributed by atoms with Crippen LogP contribution < -0.4 is 10.4 Å². The number of hydrogen-bond acceptors (Lipinski definition) is 6. The van der Waals surface area contributed by atoms with Gasteiger partial charge in [-0.1, -0.05) is 6.58 Å². The van der Waals surface area contributed by atoms with Gasteiger partial charge < -0.3 is 18.8 Å². The molecule has 0 spiro atoms. The lowest BCUT2D eigenvalue weighted by Gasteiger charge is -2.31. The number of aryl methyl sites for hydroxylation is 1. The standard InChI is InChI=1S/C24H29NO6/c1-15(2)14-30-18-5-6-19-16(3)20(24(28)31-21(19)12-18)13-22(26)25-9-7-17(8-10-25)11-23(27)29-4/h5-6,12,17H,1,7-11,13-14H2,2-4H3. The van der Waals surface area contributed by atoms with E-state index in [9.17, 15) is 14.4 Å². The summed E-state index contributed by atoms with van der Waals surface area (Å²) in [6.07, 6.45) is 1.88. The summed E-state index contributed by atoms with van der Waals surface area (Å²) in [5.74, 6) is 0.497. The van der Waals surface area contributed by atoms with Gasteiger partial charge in [0.05, 0.1) is 19.1 Å². The van der Waals surface area contributed by atoms with E-state index in [1.54, 1.807) is 11.0 Å². The van der Waals surface area contributed by atoms with Crippen molar-refractivity contribution in [3.63, 3.8) is 0 Å². The van der Waals surface area contributed by atoms with Gasteiger partial charge in [-0.15, -0.1) is 0 Å². The molecule has 3 rings (SSSR count). The molecule has 7 nitrogen and oxygen atoms in total. The number of methoxy groups -OCH3 is 1. The molecule has 2 aromatic rings. The molecule has 0 unspecified atom stereocenters. The van der Waals surface area contributed by atoms with Gasteiger partial charge in [-0.3, -0.25) is 9.59 Å². The lowest BCUT2D eigenvalue weighted by atomic mass is 9.93. The van der Waals surface area contributed by atoms with Gasteiger partial charge in [0, 0.05) is 31.0 Å². The number of hydrogen-bond donors (Lipinski definition) is 0. The molecule has 1 amide bonds. The zero-order valence-electron chi connectivity index (χ0n) is 18.4. The number of likely N-dealkylation sites (tertiary alicyclic amines) is 1. The van der Waals surface area contributed by atoms with Gasteiger partial charge in [-0.2, -0.15) is 0 Å². The van der Waals surface area contributed by atoms with Crippen molar-refractivity contribution in [2.45, 2.75) is 39.5 Å². The Morgan fingerprint density at radius 2 is 1.97 bits per heavy atom. The van der Waals surface area contributed by atoms with E-state index in [0.29, 0.717) is 43.0 Å². The Morgan fingerprint density at radius 3 is 2.61 bits per heavy atom. The number of nitrogens with zero attached hydrogens (tertiary/aromatic N) is 1. The molecule has 2 heterocycles. The van der Waals surface area contributed by atoms with Crippen molar-refractivity contribution in [3.05, 3.63) is 51.9 Å². The number of piperidine rings is 1. The lowest BCUT2D eigenvalue weighted by molar-refractivity contribution is -0.142. The minimum absolute atomic E-state index is 0.000312. The van der Waals surface area contributed by atoms with Gasteiger partial charge >= 0.3 is 11.6 Å². The summed E-state index contributed by atoms with van der Waals surface area (Å²) < 4.78 is 15.8. The topological polar surface area (TPSA) is 86.0 Å². The normalized spacial score (nSPS) is 14.5. The van der Waals surface area contributed by atoms with Crippen LogP contribution in [0.1, 0.15) is 37.3 Å². The molecule has 0 radical (unpaired) electrons. The second-order valence-corrected chi connectivity index (χ2v) is 8.18. The number of ether oxygens (including phenoxy) is 2. The third-order valence-corrected chi connectivity index (χ3v) is 5.72. The van der Waals surface area contributed by atoms with Crippen molar-refractivity contribution < 1.29 is 23.5 Å². The zero-order chi connectivity index (χ0) is 22.5. The highest BCUT2D eigenvalue weighted by Crippen LogP contribution is 2.26. The van der Waals surface area contributed by atoms with E-state index in [1.807, 2.05) is 26.0 Å². The Kier molecular flexibility index (Phi) is 7.15. The largest absolute Gasteiger partial charge is 0.489 e. The summed E-state index contributed by atoms with van der Waals surface area (Å²) in [6, 6.07) is 5.34. The predicted molar refractivity (Wildman–Crippen MR) is 117 cm³/mol. The summed E-state index contributed by atoms with van der Waals surface area (Å²) >= 11 is 0. The molecule has 31 heavy (non-hydrogen) atoms. The van der Waals surface area contributed by atoms with Crippen LogP contribution in [0.15, 0.2) is 39.6 Å². The van der Waals surface area contributed by atoms with Crippen LogP contribution >= 0.6 is 0 Å². The first-order valence-corrected chi connectivity index (χ1v) is 10.5. The fraction of sp³-hybridized carbons (Fsp3) is 0.458. The minimum Gasteiger partial charge on any atom is -0.489 e. The van der Waals surface area contributed by atoms with Crippen molar-refractivity contribution in [1.29, 1.82) is 0 Å². The molecule has 0 saturated carbocycles. The molecule has 0 bridgehead atoms. The first-order valence-electron chi connectivity index (χ1n) is 10.5. The number of carbonyl (C=O) groups excluding carboxylic acids is 2. The molecule has 1 aromatic carbocycles. The quantitative estimate of drug-likeness (QED) is 0.382. The van der Waals surface area contributed by atoms with Crippen LogP contribution in [0, 0.1) is 12.8 Å². The second kappa shape index (κ2) is 9.81. The average Bonchev–Trinajstić information content (AvgIpc) is 2.75. The van der Waals surface area contributed by atoms with E-state index in [4.69, 9.17) is 13.9 Å². The maximum atomic E-state index is 12.8. The van der Waals surface area contributed by atoms with Crippen molar-refractivity contribution in [1.82, 2.24) is 4.90 Å². The molecule has 1 aliphatic heterocycles. The van der Waals surface area contributed by atoms with E-state index < -0.39 is 5.63 Å². The summed E-state index contributed by atoms with van der Waals surface area (Å²) in [5, 5.41) is 0.780. The van der Waals surface area contributed by atoms with Crippen LogP contribution in [0.3, 0.4) is 0 Å². The second-order valence-electron chi connectivity index (χ2n) is 8.18. The Bertz CT molecular complexity index is 1050. The summed E-state index contributed by atoms with van der Waals surface area (Å²) in [7, 11) is 1.38. The van der Waals surface area contributed by atoms with Crippen LogP contribution in [0.4, 0.5) is 0 Å². The number of fused-ring (bicyclic) bond motifs is 1. The van der Waals surface area contributed by atoms with Gasteiger partial charge in [0.2, 0.25) is 5.91 Å². The van der Waals surface area contributed by atoms with E-state index >= 15 is 0 Å². The van der Waals surface area contributed by atoms with Crippen molar-refractivity contribution in [2.75, 3.05) is 26.8 Å². The minimum atomic E-state index is -0.504. The number of carbonyl (C=O) groups is 2. The van der Waals surface area contributed by atoms with Gasteiger partial charge in [0.15, 0.2) is 0 Å². The van der Waals surface area contributed by atoms with Crippen LogP contribution in [-0.2, 0) is 20.7 Å². The Hall–Kier alpha value is -3.09. The molecule has 166 valence electrons. The predicted octanol–water partition coefficient (Wildman–Crippen LogP) is 3.40. The lowest BCUT2D eigenvalue weighted by Crippen LogP contribution is -2.40. The van der Waals surface area contributed by atoms with Gasteiger partial charge in [-0.05, 0) is 55.9 Å². The van der Waals surface area contributed by atoms with Gasteiger partial charge in [0.25, 0.3) is 0 Å². The van der Waals surface area contributed by atoms with E-state index in [0.717, 1.165) is 29.4 Å². The molecule has 1 fully saturated rings. The van der Waals surface area contributed by atoms with Crippen molar-refractivity contribution in [3.8, 4) is 5.75 Å². The highest BCUT2D eigenvalue weighted by atomic mass is 16.5. The first kappa shape index (κ1) is 22.6. The zero-order valence-corrected chi connectivity index (χ0v) is 18.4. The Morgan fingerprint density at radius 1 is 1.26 bits per heavy atom. The smallest absolute Gasteiger partial charge is 0.340 e. The molecule has 0 N–H and O–H groups in total. The molecule has 0 atom stereocenters. The summed E-state index contributed by atoms with van der Waals surface area (Å²) in [5.41, 5.74) is 1.94. The monoisotopic (exact) mass is 427 g/mol. The summed E-state index contributed by atoms with van der Waals surface area (Å²) in [4.78, 5) is 38.6. The third-order valence-electron chi connectivity index (χ3n) is 5.72. The van der Waals surface area contributed by atoms with Crippen LogP contribution in [0.25, 0.3) is 11.0 Å². The number of amides is 1. The summed E-state index contributed by atoms with van der Waals surface area (Å²) in [6.45, 7) is 9.04. The van der Waals surface area contributed by atoms with E-state index in [1.165, 1.54) is 7.11 Å². The van der Waals surface area contributed by atoms with Crippen LogP contribution in [0.2, 0.25) is 0 Å². The van der Waals surface area contributed by atoms with Gasteiger partial charge in [0.1, 0.15) is 17.9 Å². The first-order chi connectivity index (χ1) is 14.8. The van der Waals surface area contributed by atoms with E-state index in [2.05, 4.69) is 6.58 Å². The molecule has 1 aromatic heterocycles. The van der Waals surface area contributed by atoms with Gasteiger partial charge in [-0.25, -0.2) is 4.79 Å². The molecule has 0 aliphatic carbocycles. The molecule has 7 heteroatoms. The third kappa shape index (κ3) is 5.54. The average molecular weight is 427 g/mol. The number of esters is 1. The van der Waals surface area contributed by atoms with E-state index in [-0.39, 0.29) is 24.2 Å². The maximum absolute atomic E-state index is 12.8. The maximum Gasteiger partial charge on any atom is 0.340 e. The highest BCUT2D eigenvalue weighted by Gasteiger charge is 2.26. The highest BCUT2D eigenvalue weighted by molar-refractivity contribution is 5.85. The molecular formula is C24H29NO6. The fourth-order valence-electron chi connectivity index (χ4n) is 3.84. The Balaban J connectivity index is 1.70. The number of rotatable bonds is 7. The van der Waals surface area contributed by atoms with Crippen LogP contribution in [0.5, 0.6) is 5.75 Å². The fourth-order valence-corrected chi connectivity index (χ4v) is 3.84. The van der Waals surface area contributed by atoms with Crippen molar-refractivity contribution >= 4 is 22.8 Å².